The Hall–Kier alpha value is -2.54. The van der Waals surface area contributed by atoms with E-state index in [0.717, 1.165) is 35.8 Å². The molecule has 0 amide bonds. The van der Waals surface area contributed by atoms with E-state index >= 15 is 0 Å². The Labute approximate surface area is 174 Å². The lowest BCUT2D eigenvalue weighted by atomic mass is 10.0. The Morgan fingerprint density at radius 3 is 2.45 bits per heavy atom. The van der Waals surface area contributed by atoms with Crippen LogP contribution in [0.1, 0.15) is 36.6 Å². The molecule has 0 fully saturated rings. The molecule has 2 rings (SSSR count). The molecule has 1 unspecified atom stereocenters. The lowest BCUT2D eigenvalue weighted by molar-refractivity contribution is 0.405. The van der Waals surface area contributed by atoms with Crippen molar-refractivity contribution in [3.8, 4) is 5.75 Å². The molecule has 0 aliphatic rings. The number of benzene rings is 2. The lowest BCUT2D eigenvalue weighted by Gasteiger charge is -2.20. The molecule has 0 saturated carbocycles. The van der Waals surface area contributed by atoms with Gasteiger partial charge in [0, 0.05) is 24.9 Å². The number of ether oxygens (including phenoxy) is 1. The third-order valence-electron chi connectivity index (χ3n) is 4.57. The fourth-order valence-electron chi connectivity index (χ4n) is 3.00. The minimum absolute atomic E-state index is 0.0247. The van der Waals surface area contributed by atoms with Gasteiger partial charge in [0.1, 0.15) is 5.75 Å². The number of nitrogens with zero attached hydrogens (tertiary/aromatic N) is 1. The Kier molecular flexibility index (Phi) is 8.08. The number of hydrogen-bond donors (Lipinski definition) is 2. The van der Waals surface area contributed by atoms with Gasteiger partial charge in [-0.1, -0.05) is 29.8 Å². The number of nitrogens with one attached hydrogen (secondary N) is 2. The second kappa shape index (κ2) is 10.3. The molecule has 7 heteroatoms. The Bertz CT molecular complexity index is 938. The van der Waals surface area contributed by atoms with Crippen LogP contribution in [-0.4, -0.2) is 40.8 Å². The minimum Gasteiger partial charge on any atom is -0.496 e. The summed E-state index contributed by atoms with van der Waals surface area (Å²) >= 11 is 0. The predicted octanol–water partition coefficient (Wildman–Crippen LogP) is 3.27. The summed E-state index contributed by atoms with van der Waals surface area (Å²) in [5, 5.41) is 6.70. The highest BCUT2D eigenvalue weighted by molar-refractivity contribution is 7.90. The van der Waals surface area contributed by atoms with Gasteiger partial charge in [-0.3, -0.25) is 4.99 Å². The largest absolute Gasteiger partial charge is 0.496 e. The van der Waals surface area contributed by atoms with Gasteiger partial charge in [-0.15, -0.1) is 0 Å². The average Bonchev–Trinajstić information content (AvgIpc) is 2.67. The molecule has 1 atom stereocenters. The van der Waals surface area contributed by atoms with Crippen LogP contribution in [-0.2, 0) is 16.3 Å². The second-order valence-corrected chi connectivity index (χ2v) is 9.05. The summed E-state index contributed by atoms with van der Waals surface area (Å²) in [6.45, 7) is 7.51. The summed E-state index contributed by atoms with van der Waals surface area (Å²) in [6, 6.07) is 13.1. The summed E-state index contributed by atoms with van der Waals surface area (Å²) in [5.74, 6) is 1.58. The minimum atomic E-state index is -3.17. The van der Waals surface area contributed by atoms with Crippen LogP contribution in [0.25, 0.3) is 0 Å². The van der Waals surface area contributed by atoms with E-state index in [2.05, 4.69) is 35.5 Å². The zero-order valence-corrected chi connectivity index (χ0v) is 18.6. The molecule has 0 bridgehead atoms. The molecule has 0 aliphatic carbocycles. The number of aliphatic imine (C=N–C) groups is 1. The standard InChI is InChI=1S/C22H31N3O3S/c1-6-23-22(25-17(3)20-15-16(2)7-12-21(20)28-4)24-14-13-18-8-10-19(11-9-18)29(5,26)27/h7-12,15,17H,6,13-14H2,1-5H3,(H2,23,24,25). The van der Waals surface area contributed by atoms with Crippen molar-refractivity contribution in [3.63, 3.8) is 0 Å². The van der Waals surface area contributed by atoms with E-state index < -0.39 is 9.84 Å². The zero-order chi connectivity index (χ0) is 21.4. The van der Waals surface area contributed by atoms with Crippen LogP contribution in [0.5, 0.6) is 5.75 Å². The molecule has 0 saturated heterocycles. The third-order valence-corrected chi connectivity index (χ3v) is 5.70. The fraction of sp³-hybridized carbons (Fsp3) is 0.409. The van der Waals surface area contributed by atoms with E-state index in [0.29, 0.717) is 11.4 Å². The van der Waals surface area contributed by atoms with E-state index in [1.807, 2.05) is 31.2 Å². The normalized spacial score (nSPS) is 13.1. The van der Waals surface area contributed by atoms with Crippen molar-refractivity contribution in [1.29, 1.82) is 0 Å². The van der Waals surface area contributed by atoms with E-state index in [1.54, 1.807) is 19.2 Å². The summed E-state index contributed by atoms with van der Waals surface area (Å²) in [6.07, 6.45) is 1.94. The first-order valence-electron chi connectivity index (χ1n) is 9.73. The Morgan fingerprint density at radius 2 is 1.86 bits per heavy atom. The van der Waals surface area contributed by atoms with Crippen molar-refractivity contribution >= 4 is 15.8 Å². The van der Waals surface area contributed by atoms with E-state index in [-0.39, 0.29) is 6.04 Å². The molecule has 2 N–H and O–H groups in total. The van der Waals surface area contributed by atoms with Gasteiger partial charge >= 0.3 is 0 Å². The summed E-state index contributed by atoms with van der Waals surface area (Å²) in [5.41, 5.74) is 3.30. The van der Waals surface area contributed by atoms with Gasteiger partial charge in [0.05, 0.1) is 18.0 Å². The van der Waals surface area contributed by atoms with Gasteiger partial charge in [0.15, 0.2) is 15.8 Å². The zero-order valence-electron chi connectivity index (χ0n) is 17.8. The Balaban J connectivity index is 2.05. The molecular formula is C22H31N3O3S. The maximum atomic E-state index is 11.6. The number of guanidine groups is 1. The first-order valence-corrected chi connectivity index (χ1v) is 11.6. The van der Waals surface area contributed by atoms with Crippen molar-refractivity contribution in [1.82, 2.24) is 10.6 Å². The number of hydrogen-bond acceptors (Lipinski definition) is 4. The molecule has 0 aliphatic heterocycles. The van der Waals surface area contributed by atoms with Crippen LogP contribution in [0.3, 0.4) is 0 Å². The molecule has 0 radical (unpaired) electrons. The summed E-state index contributed by atoms with van der Waals surface area (Å²) in [7, 11) is -1.49. The first-order chi connectivity index (χ1) is 13.7. The van der Waals surface area contributed by atoms with Crippen molar-refractivity contribution in [2.45, 2.75) is 38.1 Å². The first kappa shape index (κ1) is 22.7. The topological polar surface area (TPSA) is 79.8 Å². The smallest absolute Gasteiger partial charge is 0.191 e. The monoisotopic (exact) mass is 417 g/mol. The third kappa shape index (κ3) is 6.78. The summed E-state index contributed by atoms with van der Waals surface area (Å²) in [4.78, 5) is 4.99. The molecular weight excluding hydrogens is 386 g/mol. The second-order valence-electron chi connectivity index (χ2n) is 7.04. The van der Waals surface area contributed by atoms with Gasteiger partial charge in [-0.05, 0) is 51.0 Å². The highest BCUT2D eigenvalue weighted by Crippen LogP contribution is 2.25. The maximum Gasteiger partial charge on any atom is 0.191 e. The van der Waals surface area contributed by atoms with Crippen LogP contribution in [0.4, 0.5) is 0 Å². The van der Waals surface area contributed by atoms with Crippen molar-refractivity contribution in [3.05, 3.63) is 59.2 Å². The molecule has 6 nitrogen and oxygen atoms in total. The van der Waals surface area contributed by atoms with E-state index in [9.17, 15) is 8.42 Å². The lowest BCUT2D eigenvalue weighted by Crippen LogP contribution is -2.39. The van der Waals surface area contributed by atoms with E-state index in [1.165, 1.54) is 11.8 Å². The maximum absolute atomic E-state index is 11.6. The van der Waals surface area contributed by atoms with Crippen LogP contribution in [0, 0.1) is 6.92 Å². The molecule has 2 aromatic carbocycles. The number of rotatable bonds is 8. The van der Waals surface area contributed by atoms with Gasteiger partial charge < -0.3 is 15.4 Å². The highest BCUT2D eigenvalue weighted by atomic mass is 32.2. The molecule has 0 aromatic heterocycles. The van der Waals surface area contributed by atoms with Gasteiger partial charge in [-0.2, -0.15) is 0 Å². The van der Waals surface area contributed by atoms with Gasteiger partial charge in [0.25, 0.3) is 0 Å². The van der Waals surface area contributed by atoms with Crippen LogP contribution in [0.2, 0.25) is 0 Å². The summed E-state index contributed by atoms with van der Waals surface area (Å²) < 4.78 is 28.6. The molecule has 0 spiro atoms. The number of methoxy groups -OCH3 is 1. The van der Waals surface area contributed by atoms with Gasteiger partial charge in [0.2, 0.25) is 0 Å². The molecule has 0 heterocycles. The number of sulfone groups is 1. The van der Waals surface area contributed by atoms with E-state index in [4.69, 9.17) is 4.74 Å². The van der Waals surface area contributed by atoms with Crippen molar-refractivity contribution in [2.75, 3.05) is 26.5 Å². The molecule has 158 valence electrons. The quantitative estimate of drug-likeness (QED) is 0.509. The van der Waals surface area contributed by atoms with Crippen LogP contribution in [0.15, 0.2) is 52.4 Å². The molecule has 2 aromatic rings. The predicted molar refractivity (Wildman–Crippen MR) is 119 cm³/mol. The fourth-order valence-corrected chi connectivity index (χ4v) is 3.63. The molecule has 29 heavy (non-hydrogen) atoms. The van der Waals surface area contributed by atoms with Crippen molar-refractivity contribution in [2.24, 2.45) is 4.99 Å². The Morgan fingerprint density at radius 1 is 1.17 bits per heavy atom. The van der Waals surface area contributed by atoms with Crippen molar-refractivity contribution < 1.29 is 13.2 Å². The highest BCUT2D eigenvalue weighted by Gasteiger charge is 2.13. The van der Waals surface area contributed by atoms with Gasteiger partial charge in [-0.25, -0.2) is 8.42 Å². The SMILES string of the molecule is CCNC(=NCCc1ccc(S(C)(=O)=O)cc1)NC(C)c1cc(C)ccc1OC. The van der Waals surface area contributed by atoms with Crippen LogP contribution >= 0.6 is 0 Å². The number of aryl methyl sites for hydroxylation is 1. The average molecular weight is 418 g/mol. The van der Waals surface area contributed by atoms with Crippen LogP contribution < -0.4 is 15.4 Å².